The van der Waals surface area contributed by atoms with E-state index in [1.54, 1.807) is 6.07 Å². The molecule has 0 aliphatic carbocycles. The zero-order valence-corrected chi connectivity index (χ0v) is 7.04. The molecule has 13 heavy (non-hydrogen) atoms. The largest absolute Gasteiger partial charge is 0.481 e. The zero-order chi connectivity index (χ0) is 10.1. The molecule has 0 spiro atoms. The quantitative estimate of drug-likeness (QED) is 0.352. The SMILES string of the molecule is N#CCNC(=O)CNCCC(=O)O. The minimum absolute atomic E-state index is 0.0223. The van der Waals surface area contributed by atoms with E-state index < -0.39 is 5.97 Å². The Balaban J connectivity index is 3.28. The second-order valence-electron chi connectivity index (χ2n) is 2.26. The molecular formula is C7H11N3O3. The molecule has 0 aromatic rings. The van der Waals surface area contributed by atoms with Gasteiger partial charge in [-0.1, -0.05) is 0 Å². The van der Waals surface area contributed by atoms with Crippen LogP contribution in [-0.2, 0) is 9.59 Å². The molecule has 0 atom stereocenters. The van der Waals surface area contributed by atoms with E-state index in [-0.39, 0.29) is 32.0 Å². The molecule has 0 saturated heterocycles. The number of aliphatic carboxylic acids is 1. The Morgan fingerprint density at radius 3 is 2.69 bits per heavy atom. The lowest BCUT2D eigenvalue weighted by Crippen LogP contribution is -2.34. The molecule has 0 aliphatic heterocycles. The third-order valence-corrected chi connectivity index (χ3v) is 1.17. The number of amides is 1. The number of carboxylic acid groups (broad SMARTS) is 1. The van der Waals surface area contributed by atoms with E-state index in [0.29, 0.717) is 0 Å². The molecular weight excluding hydrogens is 174 g/mol. The number of hydrogen-bond donors (Lipinski definition) is 3. The molecule has 0 heterocycles. The van der Waals surface area contributed by atoms with Gasteiger partial charge >= 0.3 is 5.97 Å². The highest BCUT2D eigenvalue weighted by Crippen LogP contribution is 1.74. The molecule has 0 fully saturated rings. The molecule has 0 rings (SSSR count). The minimum Gasteiger partial charge on any atom is -0.481 e. The summed E-state index contributed by atoms with van der Waals surface area (Å²) in [6.45, 7) is 0.254. The third kappa shape index (κ3) is 8.29. The van der Waals surface area contributed by atoms with Gasteiger partial charge in [0.1, 0.15) is 6.54 Å². The topological polar surface area (TPSA) is 102 Å². The monoisotopic (exact) mass is 185 g/mol. The number of rotatable bonds is 6. The van der Waals surface area contributed by atoms with Gasteiger partial charge in [-0.15, -0.1) is 0 Å². The van der Waals surface area contributed by atoms with Crippen LogP contribution in [0, 0.1) is 11.3 Å². The van der Waals surface area contributed by atoms with Crippen molar-refractivity contribution < 1.29 is 14.7 Å². The molecule has 0 bridgehead atoms. The fourth-order valence-corrected chi connectivity index (χ4v) is 0.598. The van der Waals surface area contributed by atoms with E-state index in [2.05, 4.69) is 10.6 Å². The van der Waals surface area contributed by atoms with E-state index in [1.165, 1.54) is 0 Å². The first-order chi connectivity index (χ1) is 6.16. The van der Waals surface area contributed by atoms with Gasteiger partial charge in [0.05, 0.1) is 19.0 Å². The van der Waals surface area contributed by atoms with E-state index in [1.807, 2.05) is 0 Å². The molecule has 3 N–H and O–H groups in total. The van der Waals surface area contributed by atoms with Crippen molar-refractivity contribution in [1.82, 2.24) is 10.6 Å². The summed E-state index contributed by atoms with van der Waals surface area (Å²) in [4.78, 5) is 20.8. The lowest BCUT2D eigenvalue weighted by Gasteiger charge is -2.01. The van der Waals surface area contributed by atoms with E-state index in [4.69, 9.17) is 10.4 Å². The summed E-state index contributed by atoms with van der Waals surface area (Å²) in [6.07, 6.45) is -0.0223. The molecule has 0 aliphatic rings. The summed E-state index contributed by atoms with van der Waals surface area (Å²) in [7, 11) is 0. The Bertz CT molecular complexity index is 222. The van der Waals surface area contributed by atoms with Gasteiger partial charge in [-0.05, 0) is 0 Å². The lowest BCUT2D eigenvalue weighted by molar-refractivity contribution is -0.137. The predicted octanol–water partition coefficient (Wildman–Crippen LogP) is -1.31. The zero-order valence-electron chi connectivity index (χ0n) is 7.04. The van der Waals surface area contributed by atoms with Gasteiger partial charge in [0.25, 0.3) is 0 Å². The number of carbonyl (C=O) groups excluding carboxylic acids is 1. The Morgan fingerprint density at radius 2 is 2.15 bits per heavy atom. The van der Waals surface area contributed by atoms with Crippen molar-refractivity contribution >= 4 is 11.9 Å². The first kappa shape index (κ1) is 11.4. The smallest absolute Gasteiger partial charge is 0.304 e. The molecule has 0 radical (unpaired) electrons. The average molecular weight is 185 g/mol. The molecule has 6 heteroatoms. The van der Waals surface area contributed by atoms with Crippen LogP contribution in [0.15, 0.2) is 0 Å². The molecule has 0 saturated carbocycles. The number of carboxylic acids is 1. The summed E-state index contributed by atoms with van der Waals surface area (Å²) in [5, 5.41) is 21.3. The average Bonchev–Trinajstić information content (AvgIpc) is 2.08. The summed E-state index contributed by atoms with van der Waals surface area (Å²) in [5.74, 6) is -1.23. The third-order valence-electron chi connectivity index (χ3n) is 1.17. The van der Waals surface area contributed by atoms with Crippen LogP contribution in [0.4, 0.5) is 0 Å². The standard InChI is InChI=1S/C7H11N3O3/c8-2-4-10-6(11)5-9-3-1-7(12)13/h9H,1,3-5H2,(H,10,11)(H,12,13). The molecule has 0 aromatic carbocycles. The van der Waals surface area contributed by atoms with Crippen molar-refractivity contribution in [2.45, 2.75) is 6.42 Å². The van der Waals surface area contributed by atoms with Gasteiger partial charge in [-0.25, -0.2) is 0 Å². The second kappa shape index (κ2) is 7.06. The summed E-state index contributed by atoms with van der Waals surface area (Å²) in [6, 6.07) is 1.75. The molecule has 72 valence electrons. The summed E-state index contributed by atoms with van der Waals surface area (Å²) >= 11 is 0. The van der Waals surface area contributed by atoms with Gasteiger partial charge in [0.2, 0.25) is 5.91 Å². The van der Waals surface area contributed by atoms with Gasteiger partial charge < -0.3 is 15.7 Å². The highest BCUT2D eigenvalue weighted by Gasteiger charge is 2.00. The maximum Gasteiger partial charge on any atom is 0.304 e. The highest BCUT2D eigenvalue weighted by molar-refractivity contribution is 5.78. The van der Waals surface area contributed by atoms with Crippen LogP contribution in [-0.4, -0.2) is 36.6 Å². The Labute approximate surface area is 75.5 Å². The normalized spacial score (nSPS) is 8.85. The van der Waals surface area contributed by atoms with Gasteiger partial charge in [-0.2, -0.15) is 5.26 Å². The summed E-state index contributed by atoms with van der Waals surface area (Å²) < 4.78 is 0. The maximum absolute atomic E-state index is 10.8. The number of hydrogen-bond acceptors (Lipinski definition) is 4. The number of nitrogens with zero attached hydrogens (tertiary/aromatic N) is 1. The van der Waals surface area contributed by atoms with Crippen LogP contribution in [0.25, 0.3) is 0 Å². The van der Waals surface area contributed by atoms with Crippen LogP contribution in [0.3, 0.4) is 0 Å². The van der Waals surface area contributed by atoms with E-state index >= 15 is 0 Å². The van der Waals surface area contributed by atoms with Crippen molar-refractivity contribution in [3.8, 4) is 6.07 Å². The van der Waals surface area contributed by atoms with E-state index in [9.17, 15) is 9.59 Å². The van der Waals surface area contributed by atoms with Crippen LogP contribution in [0.5, 0.6) is 0 Å². The van der Waals surface area contributed by atoms with Crippen LogP contribution in [0.2, 0.25) is 0 Å². The Kier molecular flexibility index (Phi) is 6.19. The number of nitrogens with one attached hydrogen (secondary N) is 2. The maximum atomic E-state index is 10.8. The molecule has 0 aromatic heterocycles. The van der Waals surface area contributed by atoms with Crippen molar-refractivity contribution in [3.63, 3.8) is 0 Å². The lowest BCUT2D eigenvalue weighted by atomic mass is 10.4. The number of carbonyl (C=O) groups is 2. The van der Waals surface area contributed by atoms with Crippen LogP contribution < -0.4 is 10.6 Å². The number of nitriles is 1. The van der Waals surface area contributed by atoms with E-state index in [0.717, 1.165) is 0 Å². The van der Waals surface area contributed by atoms with Crippen molar-refractivity contribution in [2.24, 2.45) is 0 Å². The predicted molar refractivity (Wildman–Crippen MR) is 43.7 cm³/mol. The van der Waals surface area contributed by atoms with Gasteiger partial charge in [0.15, 0.2) is 0 Å². The molecule has 6 nitrogen and oxygen atoms in total. The van der Waals surface area contributed by atoms with Crippen molar-refractivity contribution in [2.75, 3.05) is 19.6 Å². The minimum atomic E-state index is -0.912. The fourth-order valence-electron chi connectivity index (χ4n) is 0.598. The van der Waals surface area contributed by atoms with Crippen molar-refractivity contribution in [1.29, 1.82) is 5.26 Å². The van der Waals surface area contributed by atoms with Gasteiger partial charge in [-0.3, -0.25) is 9.59 Å². The Morgan fingerprint density at radius 1 is 1.46 bits per heavy atom. The van der Waals surface area contributed by atoms with Crippen molar-refractivity contribution in [3.05, 3.63) is 0 Å². The molecule has 0 unspecified atom stereocenters. The first-order valence-corrected chi connectivity index (χ1v) is 3.73. The fraction of sp³-hybridized carbons (Fsp3) is 0.571. The first-order valence-electron chi connectivity index (χ1n) is 3.73. The van der Waals surface area contributed by atoms with Crippen LogP contribution in [0.1, 0.15) is 6.42 Å². The Hall–Kier alpha value is -1.61. The molecule has 1 amide bonds. The highest BCUT2D eigenvalue weighted by atomic mass is 16.4. The second-order valence-corrected chi connectivity index (χ2v) is 2.26. The van der Waals surface area contributed by atoms with Gasteiger partial charge in [0, 0.05) is 6.54 Å². The summed E-state index contributed by atoms with van der Waals surface area (Å²) in [5.41, 5.74) is 0. The van der Waals surface area contributed by atoms with Crippen LogP contribution >= 0.6 is 0 Å².